The summed E-state index contributed by atoms with van der Waals surface area (Å²) in [5, 5.41) is 17.1. The van der Waals surface area contributed by atoms with Crippen LogP contribution in [0.4, 0.5) is 5.95 Å². The van der Waals surface area contributed by atoms with Gasteiger partial charge in [0.1, 0.15) is 0 Å². The quantitative estimate of drug-likeness (QED) is 0.195. The SMILES string of the molecule is CN=C(NC#N)NC(CNC)c1cnc(N)[nH]1. The van der Waals surface area contributed by atoms with Gasteiger partial charge in [0.15, 0.2) is 12.1 Å². The minimum absolute atomic E-state index is 0.107. The first kappa shape index (κ1) is 12.8. The van der Waals surface area contributed by atoms with E-state index in [0.29, 0.717) is 18.5 Å². The lowest BCUT2D eigenvalue weighted by Crippen LogP contribution is -2.40. The summed E-state index contributed by atoms with van der Waals surface area (Å²) >= 11 is 0. The minimum atomic E-state index is -0.107. The number of nitrogens with one attached hydrogen (secondary N) is 4. The Hall–Kier alpha value is -2.27. The third-order valence-corrected chi connectivity index (χ3v) is 2.11. The van der Waals surface area contributed by atoms with Crippen molar-refractivity contribution < 1.29 is 0 Å². The lowest BCUT2D eigenvalue weighted by Gasteiger charge is -2.18. The van der Waals surface area contributed by atoms with E-state index in [2.05, 4.69) is 30.9 Å². The molecule has 92 valence electrons. The Morgan fingerprint density at radius 3 is 3.00 bits per heavy atom. The predicted octanol–water partition coefficient (Wildman–Crippen LogP) is -1.10. The second-order valence-corrected chi connectivity index (χ2v) is 3.29. The monoisotopic (exact) mass is 236 g/mol. The molecule has 0 radical (unpaired) electrons. The molecule has 0 aliphatic rings. The minimum Gasteiger partial charge on any atom is -0.369 e. The summed E-state index contributed by atoms with van der Waals surface area (Å²) in [6.45, 7) is 0.633. The molecule has 1 heterocycles. The smallest absolute Gasteiger partial charge is 0.205 e. The lowest BCUT2D eigenvalue weighted by atomic mass is 10.2. The summed E-state index contributed by atoms with van der Waals surface area (Å²) in [4.78, 5) is 10.8. The average Bonchev–Trinajstić information content (AvgIpc) is 2.74. The van der Waals surface area contributed by atoms with Crippen molar-refractivity contribution in [3.8, 4) is 6.19 Å². The van der Waals surface area contributed by atoms with Gasteiger partial charge in [-0.05, 0) is 7.05 Å². The third kappa shape index (κ3) is 3.66. The normalized spacial score (nSPS) is 12.9. The summed E-state index contributed by atoms with van der Waals surface area (Å²) in [7, 11) is 3.42. The number of rotatable bonds is 4. The van der Waals surface area contributed by atoms with Crippen molar-refractivity contribution in [1.29, 1.82) is 5.26 Å². The first-order chi connectivity index (χ1) is 8.21. The van der Waals surface area contributed by atoms with E-state index in [1.165, 1.54) is 0 Å². The van der Waals surface area contributed by atoms with Gasteiger partial charge in [0.25, 0.3) is 0 Å². The van der Waals surface area contributed by atoms with Crippen molar-refractivity contribution in [3.63, 3.8) is 0 Å². The Morgan fingerprint density at radius 2 is 2.53 bits per heavy atom. The summed E-state index contributed by atoms with van der Waals surface area (Å²) in [5.41, 5.74) is 6.34. The molecule has 0 spiro atoms. The lowest BCUT2D eigenvalue weighted by molar-refractivity contribution is 0.580. The molecule has 8 nitrogen and oxygen atoms in total. The Labute approximate surface area is 99.3 Å². The van der Waals surface area contributed by atoms with Crippen molar-refractivity contribution >= 4 is 11.9 Å². The number of H-pyrrole nitrogens is 1. The molecular formula is C9H16N8. The molecule has 0 aliphatic carbocycles. The number of guanidine groups is 1. The average molecular weight is 236 g/mol. The molecule has 17 heavy (non-hydrogen) atoms. The zero-order valence-corrected chi connectivity index (χ0v) is 9.78. The van der Waals surface area contributed by atoms with Crippen LogP contribution in [0.15, 0.2) is 11.2 Å². The molecule has 0 saturated heterocycles. The largest absolute Gasteiger partial charge is 0.369 e. The van der Waals surface area contributed by atoms with E-state index in [0.717, 1.165) is 5.69 Å². The van der Waals surface area contributed by atoms with E-state index >= 15 is 0 Å². The number of aromatic nitrogens is 2. The summed E-state index contributed by atoms with van der Waals surface area (Å²) in [5.74, 6) is 0.743. The number of nitriles is 1. The summed E-state index contributed by atoms with van der Waals surface area (Å²) in [6, 6.07) is -0.107. The van der Waals surface area contributed by atoms with Gasteiger partial charge in [0.2, 0.25) is 5.96 Å². The number of aliphatic imine (C=N–C) groups is 1. The van der Waals surface area contributed by atoms with Gasteiger partial charge in [0.05, 0.1) is 17.9 Å². The third-order valence-electron chi connectivity index (χ3n) is 2.11. The van der Waals surface area contributed by atoms with Crippen LogP contribution in [-0.2, 0) is 0 Å². The van der Waals surface area contributed by atoms with E-state index < -0.39 is 0 Å². The summed E-state index contributed by atoms with van der Waals surface area (Å²) in [6.07, 6.45) is 3.45. The molecular weight excluding hydrogens is 220 g/mol. The Bertz CT molecular complexity index is 415. The van der Waals surface area contributed by atoms with Crippen molar-refractivity contribution in [1.82, 2.24) is 25.9 Å². The molecule has 8 heteroatoms. The van der Waals surface area contributed by atoms with E-state index in [-0.39, 0.29) is 6.04 Å². The van der Waals surface area contributed by atoms with Crippen molar-refractivity contribution in [3.05, 3.63) is 11.9 Å². The molecule has 0 aromatic carbocycles. The van der Waals surface area contributed by atoms with Crippen LogP contribution in [0.25, 0.3) is 0 Å². The second kappa shape index (κ2) is 6.34. The number of hydrogen-bond acceptors (Lipinski definition) is 5. The fraction of sp³-hybridized carbons (Fsp3) is 0.444. The van der Waals surface area contributed by atoms with Gasteiger partial charge >= 0.3 is 0 Å². The van der Waals surface area contributed by atoms with Crippen molar-refractivity contribution in [2.45, 2.75) is 6.04 Å². The van der Waals surface area contributed by atoms with E-state index in [4.69, 9.17) is 11.0 Å². The highest BCUT2D eigenvalue weighted by atomic mass is 15.2. The van der Waals surface area contributed by atoms with Crippen LogP contribution in [0.3, 0.4) is 0 Å². The molecule has 1 unspecified atom stereocenters. The fourth-order valence-electron chi connectivity index (χ4n) is 1.35. The topological polar surface area (TPSA) is 127 Å². The Kier molecular flexibility index (Phi) is 4.77. The zero-order chi connectivity index (χ0) is 12.7. The first-order valence-electron chi connectivity index (χ1n) is 5.04. The number of aromatic amines is 1. The van der Waals surface area contributed by atoms with Crippen LogP contribution in [0.5, 0.6) is 0 Å². The molecule has 6 N–H and O–H groups in total. The van der Waals surface area contributed by atoms with Crippen LogP contribution < -0.4 is 21.7 Å². The highest BCUT2D eigenvalue weighted by Crippen LogP contribution is 2.09. The number of likely N-dealkylation sites (N-methyl/N-ethyl adjacent to an activating group) is 1. The second-order valence-electron chi connectivity index (χ2n) is 3.29. The predicted molar refractivity (Wildman–Crippen MR) is 64.9 cm³/mol. The number of nitrogens with zero attached hydrogens (tertiary/aromatic N) is 3. The van der Waals surface area contributed by atoms with Gasteiger partial charge in [-0.15, -0.1) is 0 Å². The molecule has 0 fully saturated rings. The van der Waals surface area contributed by atoms with Gasteiger partial charge in [-0.25, -0.2) is 4.98 Å². The van der Waals surface area contributed by atoms with Crippen LogP contribution in [-0.4, -0.2) is 36.6 Å². The maximum atomic E-state index is 8.55. The number of imidazole rings is 1. The fourth-order valence-corrected chi connectivity index (χ4v) is 1.35. The van der Waals surface area contributed by atoms with Crippen LogP contribution in [0.1, 0.15) is 11.7 Å². The molecule has 1 aromatic heterocycles. The zero-order valence-electron chi connectivity index (χ0n) is 9.78. The standard InChI is InChI=1S/C9H16N8/c1-12-3-6(7-4-14-8(11)16-7)17-9(13-2)15-5-10/h4,6,12H,3H2,1-2H3,(H3,11,14,16)(H2,13,15,17). The molecule has 1 aromatic rings. The number of nitrogen functional groups attached to an aromatic ring is 1. The molecule has 1 atom stereocenters. The molecule has 0 bridgehead atoms. The maximum absolute atomic E-state index is 8.55. The molecule has 0 amide bonds. The van der Waals surface area contributed by atoms with Crippen molar-refractivity contribution in [2.75, 3.05) is 26.4 Å². The van der Waals surface area contributed by atoms with E-state index in [1.807, 2.05) is 13.2 Å². The van der Waals surface area contributed by atoms with Crippen LogP contribution in [0.2, 0.25) is 0 Å². The van der Waals surface area contributed by atoms with Gasteiger partial charge in [-0.3, -0.25) is 10.3 Å². The van der Waals surface area contributed by atoms with Gasteiger partial charge < -0.3 is 21.4 Å². The highest BCUT2D eigenvalue weighted by molar-refractivity contribution is 5.81. The van der Waals surface area contributed by atoms with Crippen LogP contribution in [0, 0.1) is 11.5 Å². The summed E-state index contributed by atoms with van der Waals surface area (Å²) < 4.78 is 0. The maximum Gasteiger partial charge on any atom is 0.205 e. The van der Waals surface area contributed by atoms with Gasteiger partial charge in [-0.2, -0.15) is 5.26 Å². The number of anilines is 1. The molecule has 0 saturated carbocycles. The van der Waals surface area contributed by atoms with Crippen molar-refractivity contribution in [2.24, 2.45) is 4.99 Å². The molecule has 1 rings (SSSR count). The van der Waals surface area contributed by atoms with E-state index in [1.54, 1.807) is 13.2 Å². The van der Waals surface area contributed by atoms with E-state index in [9.17, 15) is 0 Å². The molecule has 0 aliphatic heterocycles. The van der Waals surface area contributed by atoms with Gasteiger partial charge in [0, 0.05) is 13.6 Å². The number of nitrogens with two attached hydrogens (primary N) is 1. The number of hydrogen-bond donors (Lipinski definition) is 5. The first-order valence-corrected chi connectivity index (χ1v) is 5.04. The Balaban J connectivity index is 2.76. The highest BCUT2D eigenvalue weighted by Gasteiger charge is 2.14. The van der Waals surface area contributed by atoms with Gasteiger partial charge in [-0.1, -0.05) is 0 Å². The van der Waals surface area contributed by atoms with Crippen LogP contribution >= 0.6 is 0 Å². The Morgan fingerprint density at radius 1 is 1.76 bits per heavy atom.